The molecule has 5 aromatic carbocycles. The molecule has 9 heteroatoms. The van der Waals surface area contributed by atoms with Gasteiger partial charge in [-0.15, -0.1) is 11.3 Å². The van der Waals surface area contributed by atoms with Crippen LogP contribution in [0.4, 0.5) is 17.1 Å². The van der Waals surface area contributed by atoms with E-state index in [1.807, 2.05) is 107 Å². The number of benzene rings is 5. The maximum Gasteiger partial charge on any atom is 0.261 e. The van der Waals surface area contributed by atoms with Gasteiger partial charge in [0.1, 0.15) is 11.5 Å². The molecule has 0 unspecified atom stereocenters. The van der Waals surface area contributed by atoms with Crippen LogP contribution >= 0.6 is 11.3 Å². The zero-order chi connectivity index (χ0) is 41.8. The van der Waals surface area contributed by atoms with Gasteiger partial charge in [0.25, 0.3) is 11.8 Å². The van der Waals surface area contributed by atoms with Gasteiger partial charge in [-0.1, -0.05) is 87.4 Å². The van der Waals surface area contributed by atoms with Crippen LogP contribution < -0.4 is 14.4 Å². The van der Waals surface area contributed by atoms with E-state index in [0.717, 1.165) is 93.2 Å². The second-order valence-corrected chi connectivity index (χ2v) is 15.9. The van der Waals surface area contributed by atoms with Crippen molar-refractivity contribution in [2.75, 3.05) is 32.2 Å². The van der Waals surface area contributed by atoms with E-state index in [4.69, 9.17) is 9.47 Å². The van der Waals surface area contributed by atoms with Crippen LogP contribution in [0.1, 0.15) is 60.3 Å². The number of hydrogen-bond acceptors (Lipinski definition) is 7. The van der Waals surface area contributed by atoms with Gasteiger partial charge >= 0.3 is 0 Å². The minimum Gasteiger partial charge on any atom is -0.497 e. The first-order valence-electron chi connectivity index (χ1n) is 20.4. The molecule has 0 bridgehead atoms. The average Bonchev–Trinajstić information content (AvgIpc) is 3.98. The maximum atomic E-state index is 14.6. The molecular weight excluding hydrogens is 767 g/mol. The largest absolute Gasteiger partial charge is 0.497 e. The number of ether oxygens (including phenoxy) is 2. The Morgan fingerprint density at radius 2 is 0.900 bits per heavy atom. The molecule has 0 atom stereocenters. The molecule has 0 saturated carbocycles. The van der Waals surface area contributed by atoms with E-state index in [-0.39, 0.29) is 11.8 Å². The second kappa shape index (κ2) is 17.6. The summed E-state index contributed by atoms with van der Waals surface area (Å²) >= 11 is 1.44. The monoisotopic (exact) mass is 813 g/mol. The Morgan fingerprint density at radius 1 is 0.517 bits per heavy atom. The summed E-state index contributed by atoms with van der Waals surface area (Å²) in [5.41, 5.74) is 9.97. The smallest absolute Gasteiger partial charge is 0.261 e. The summed E-state index contributed by atoms with van der Waals surface area (Å²) in [7, 11) is 3.33. The minimum atomic E-state index is -0.133. The average molecular weight is 814 g/mol. The van der Waals surface area contributed by atoms with Crippen LogP contribution in [-0.2, 0) is 9.59 Å². The third-order valence-electron chi connectivity index (χ3n) is 11.1. The van der Waals surface area contributed by atoms with E-state index < -0.39 is 0 Å². The number of nitrogens with zero attached hydrogens (tertiary/aromatic N) is 3. The van der Waals surface area contributed by atoms with Crippen LogP contribution in [0.3, 0.4) is 0 Å². The highest BCUT2D eigenvalue weighted by Gasteiger charge is 2.48. The molecule has 2 aliphatic heterocycles. The zero-order valence-corrected chi connectivity index (χ0v) is 35.1. The Balaban J connectivity index is 1.14. The summed E-state index contributed by atoms with van der Waals surface area (Å²) < 4.78 is 10.9. The molecule has 0 N–H and O–H groups in total. The van der Waals surface area contributed by atoms with Crippen molar-refractivity contribution in [3.63, 3.8) is 0 Å². The first-order chi connectivity index (χ1) is 29.4. The van der Waals surface area contributed by atoms with Gasteiger partial charge < -0.3 is 24.2 Å². The fourth-order valence-electron chi connectivity index (χ4n) is 7.95. The minimum absolute atomic E-state index is 0.133. The molecular formula is C51H47N3O5S. The number of unbranched alkanes of at least 4 members (excludes halogenated alkanes) is 2. The van der Waals surface area contributed by atoms with Crippen molar-refractivity contribution in [3.05, 3.63) is 161 Å². The number of carbonyl (C=O) groups excluding carboxylic acids is 3. The number of carbonyl (C=O) groups is 3. The van der Waals surface area contributed by atoms with Crippen molar-refractivity contribution in [1.82, 2.24) is 9.80 Å². The lowest BCUT2D eigenvalue weighted by Gasteiger charge is -2.26. The Morgan fingerprint density at radius 3 is 1.28 bits per heavy atom. The predicted octanol–water partition coefficient (Wildman–Crippen LogP) is 11.8. The number of hydrogen-bond donors (Lipinski definition) is 0. The third kappa shape index (κ3) is 7.64. The van der Waals surface area contributed by atoms with Crippen molar-refractivity contribution in [3.8, 4) is 33.1 Å². The molecule has 0 saturated heterocycles. The third-order valence-corrected chi connectivity index (χ3v) is 12.2. The fourth-order valence-corrected chi connectivity index (χ4v) is 8.78. The molecule has 60 heavy (non-hydrogen) atoms. The highest BCUT2D eigenvalue weighted by molar-refractivity contribution is 7.17. The molecule has 8 rings (SSSR count). The molecule has 6 aromatic rings. The number of aldehydes is 1. The van der Waals surface area contributed by atoms with E-state index in [1.165, 1.54) is 11.3 Å². The molecule has 0 spiro atoms. The lowest BCUT2D eigenvalue weighted by Crippen LogP contribution is -2.31. The van der Waals surface area contributed by atoms with Gasteiger partial charge in [0.05, 0.1) is 41.6 Å². The Bertz CT molecular complexity index is 2520. The summed E-state index contributed by atoms with van der Waals surface area (Å²) in [5.74, 6) is 1.31. The van der Waals surface area contributed by atoms with E-state index in [2.05, 4.69) is 55.1 Å². The van der Waals surface area contributed by atoms with Crippen molar-refractivity contribution in [2.24, 2.45) is 0 Å². The molecule has 2 amide bonds. The first-order valence-corrected chi connectivity index (χ1v) is 21.3. The van der Waals surface area contributed by atoms with Crippen LogP contribution in [0.5, 0.6) is 11.5 Å². The van der Waals surface area contributed by atoms with Crippen molar-refractivity contribution in [2.45, 2.75) is 39.5 Å². The number of amides is 2. The predicted molar refractivity (Wildman–Crippen MR) is 242 cm³/mol. The summed E-state index contributed by atoms with van der Waals surface area (Å²) in [6, 6.07) is 44.4. The van der Waals surface area contributed by atoms with E-state index >= 15 is 0 Å². The van der Waals surface area contributed by atoms with Crippen molar-refractivity contribution < 1.29 is 23.9 Å². The molecule has 1 aromatic heterocycles. The van der Waals surface area contributed by atoms with Crippen molar-refractivity contribution in [1.29, 1.82) is 0 Å². The van der Waals surface area contributed by atoms with Crippen molar-refractivity contribution >= 4 is 57.9 Å². The first kappa shape index (κ1) is 40.1. The Labute approximate surface area is 355 Å². The second-order valence-electron chi connectivity index (χ2n) is 14.8. The van der Waals surface area contributed by atoms with E-state index in [0.29, 0.717) is 40.5 Å². The molecule has 302 valence electrons. The number of thiophene rings is 1. The maximum absolute atomic E-state index is 14.6. The molecule has 0 aliphatic carbocycles. The highest BCUT2D eigenvalue weighted by atomic mass is 32.1. The highest BCUT2D eigenvalue weighted by Crippen LogP contribution is 2.47. The molecule has 0 radical (unpaired) electrons. The van der Waals surface area contributed by atoms with Gasteiger partial charge in [-0.3, -0.25) is 14.4 Å². The number of methoxy groups -OCH3 is 2. The van der Waals surface area contributed by atoms with Gasteiger partial charge in [0.15, 0.2) is 6.29 Å². The van der Waals surface area contributed by atoms with Crippen LogP contribution in [0.15, 0.2) is 145 Å². The summed E-state index contributed by atoms with van der Waals surface area (Å²) in [4.78, 5) is 48.0. The summed E-state index contributed by atoms with van der Waals surface area (Å²) in [6.45, 7) is 5.25. The Kier molecular flexibility index (Phi) is 11.8. The van der Waals surface area contributed by atoms with Gasteiger partial charge in [-0.2, -0.15) is 0 Å². The zero-order valence-electron chi connectivity index (χ0n) is 34.3. The molecule has 0 fully saturated rings. The number of rotatable bonds is 16. The lowest BCUT2D eigenvalue weighted by atomic mass is 9.99. The number of anilines is 3. The molecule has 8 nitrogen and oxygen atoms in total. The van der Waals surface area contributed by atoms with Crippen LogP contribution in [-0.4, -0.2) is 55.2 Å². The summed E-state index contributed by atoms with van der Waals surface area (Å²) in [5, 5.41) is 0. The molecule has 3 heterocycles. The summed E-state index contributed by atoms with van der Waals surface area (Å²) in [6.07, 6.45) is 4.31. The normalized spacial score (nSPS) is 13.7. The SMILES string of the molecule is CCCCN1C(=O)C2=C(c3ccc(-c4ccc(C=O)s4)cc3)N(CCCC)C(=O)C2=C1c1ccc(-c2ccc(N(c3ccc(OC)cc3)c3ccc(OC)cc3)cc2)cc1. The van der Waals surface area contributed by atoms with E-state index in [9.17, 15) is 14.4 Å². The van der Waals surface area contributed by atoms with Gasteiger partial charge in [-0.05, 0) is 113 Å². The quantitative estimate of drug-likeness (QED) is 0.0906. The van der Waals surface area contributed by atoms with Gasteiger partial charge in [-0.25, -0.2) is 0 Å². The van der Waals surface area contributed by atoms with Crippen LogP contribution in [0, 0.1) is 0 Å². The van der Waals surface area contributed by atoms with Crippen LogP contribution in [0.2, 0.25) is 0 Å². The molecule has 2 aliphatic rings. The standard InChI is InChI=1S/C51H47N3O5S/c1-5-7-31-52-48(46-47(51(52)57)49(53(50(46)56)32-8-6-2)38-15-11-36(12-16-38)45-30-29-44(33-55)60-45)37-13-9-34(10-14-37)35-17-19-39(20-18-35)54(40-21-25-42(58-3)26-22-40)41-23-27-43(59-4)28-24-41/h9-30,33H,5-8,31-32H2,1-4H3. The van der Waals surface area contributed by atoms with Gasteiger partial charge in [0, 0.05) is 35.0 Å². The van der Waals surface area contributed by atoms with Crippen LogP contribution in [0.25, 0.3) is 33.0 Å². The topological polar surface area (TPSA) is 79.4 Å². The lowest BCUT2D eigenvalue weighted by molar-refractivity contribution is -0.124. The number of fused-ring (bicyclic) bond motifs is 1. The Hall–Kier alpha value is -6.71. The fraction of sp³-hybridized carbons (Fsp3) is 0.196. The van der Waals surface area contributed by atoms with E-state index in [1.54, 1.807) is 14.2 Å². The van der Waals surface area contributed by atoms with Gasteiger partial charge in [0.2, 0.25) is 0 Å².